The standard InChI is InChI=1S/C15H24N2O3S/c1-12-14(10-13(11-16)20-12)21(18,19)17-8-6-15(7-9-17)4-2-3-5-15/h10H,2-9,11,16H2,1H3. The van der Waals surface area contributed by atoms with Crippen molar-refractivity contribution >= 4 is 10.0 Å². The van der Waals surface area contributed by atoms with Gasteiger partial charge in [-0.2, -0.15) is 4.31 Å². The predicted molar refractivity (Wildman–Crippen MR) is 80.2 cm³/mol. The molecule has 1 aromatic heterocycles. The van der Waals surface area contributed by atoms with Crippen LogP contribution in [0.1, 0.15) is 50.0 Å². The molecule has 2 aliphatic rings. The number of rotatable bonds is 3. The Morgan fingerprint density at radius 2 is 1.86 bits per heavy atom. The van der Waals surface area contributed by atoms with Crippen LogP contribution in [0.25, 0.3) is 0 Å². The van der Waals surface area contributed by atoms with Gasteiger partial charge in [-0.25, -0.2) is 8.42 Å². The summed E-state index contributed by atoms with van der Waals surface area (Å²) in [6.07, 6.45) is 7.12. The van der Waals surface area contributed by atoms with Crippen molar-refractivity contribution in [3.63, 3.8) is 0 Å². The third-order valence-corrected chi connectivity index (χ3v) is 7.20. The van der Waals surface area contributed by atoms with Crippen LogP contribution in [0.5, 0.6) is 0 Å². The number of aryl methyl sites for hydroxylation is 1. The van der Waals surface area contributed by atoms with E-state index in [4.69, 9.17) is 10.2 Å². The van der Waals surface area contributed by atoms with E-state index in [-0.39, 0.29) is 11.4 Å². The van der Waals surface area contributed by atoms with Crippen molar-refractivity contribution < 1.29 is 12.8 Å². The normalized spacial score (nSPS) is 23.0. The van der Waals surface area contributed by atoms with Crippen LogP contribution in [0.2, 0.25) is 0 Å². The van der Waals surface area contributed by atoms with E-state index in [9.17, 15) is 8.42 Å². The molecular formula is C15H24N2O3S. The lowest BCUT2D eigenvalue weighted by Gasteiger charge is -2.38. The van der Waals surface area contributed by atoms with Gasteiger partial charge < -0.3 is 10.2 Å². The topological polar surface area (TPSA) is 76.5 Å². The van der Waals surface area contributed by atoms with E-state index < -0.39 is 10.0 Å². The molecule has 5 nitrogen and oxygen atoms in total. The van der Waals surface area contributed by atoms with Crippen LogP contribution in [0.15, 0.2) is 15.4 Å². The Bertz CT molecular complexity index is 605. The van der Waals surface area contributed by atoms with Crippen molar-refractivity contribution in [2.45, 2.75) is 56.9 Å². The van der Waals surface area contributed by atoms with Crippen molar-refractivity contribution in [1.29, 1.82) is 0 Å². The van der Waals surface area contributed by atoms with Crippen LogP contribution in [0, 0.1) is 12.3 Å². The van der Waals surface area contributed by atoms with Gasteiger partial charge >= 0.3 is 0 Å². The van der Waals surface area contributed by atoms with Crippen molar-refractivity contribution in [3.8, 4) is 0 Å². The van der Waals surface area contributed by atoms with Crippen LogP contribution >= 0.6 is 0 Å². The zero-order valence-corrected chi connectivity index (χ0v) is 13.4. The summed E-state index contributed by atoms with van der Waals surface area (Å²) in [5.41, 5.74) is 5.95. The maximum Gasteiger partial charge on any atom is 0.246 e. The van der Waals surface area contributed by atoms with Gasteiger partial charge in [-0.15, -0.1) is 0 Å². The largest absolute Gasteiger partial charge is 0.464 e. The van der Waals surface area contributed by atoms with Gasteiger partial charge in [-0.05, 0) is 38.0 Å². The summed E-state index contributed by atoms with van der Waals surface area (Å²) in [6, 6.07) is 1.57. The highest BCUT2D eigenvalue weighted by Gasteiger charge is 2.40. The van der Waals surface area contributed by atoms with Gasteiger partial charge in [0.1, 0.15) is 16.4 Å². The van der Waals surface area contributed by atoms with Gasteiger partial charge in [-0.1, -0.05) is 12.8 Å². The zero-order valence-electron chi connectivity index (χ0n) is 12.6. The van der Waals surface area contributed by atoms with Gasteiger partial charge in [0.15, 0.2) is 0 Å². The fourth-order valence-electron chi connectivity index (χ4n) is 3.85. The molecule has 1 saturated carbocycles. The molecule has 3 rings (SSSR count). The average molecular weight is 312 g/mol. The molecule has 0 amide bonds. The Morgan fingerprint density at radius 3 is 2.38 bits per heavy atom. The predicted octanol–water partition coefficient (Wildman–Crippen LogP) is 2.39. The Balaban J connectivity index is 1.78. The molecule has 1 aromatic rings. The molecule has 1 aliphatic heterocycles. The first-order valence-electron chi connectivity index (χ1n) is 7.76. The summed E-state index contributed by atoms with van der Waals surface area (Å²) >= 11 is 0. The van der Waals surface area contributed by atoms with Crippen LogP contribution < -0.4 is 5.73 Å². The van der Waals surface area contributed by atoms with Crippen molar-refractivity contribution in [2.75, 3.05) is 13.1 Å². The highest BCUT2D eigenvalue weighted by molar-refractivity contribution is 7.89. The van der Waals surface area contributed by atoms with Crippen LogP contribution in [0.3, 0.4) is 0 Å². The van der Waals surface area contributed by atoms with Crippen LogP contribution in [-0.2, 0) is 16.6 Å². The number of sulfonamides is 1. The van der Waals surface area contributed by atoms with E-state index in [0.29, 0.717) is 30.0 Å². The Hall–Kier alpha value is -0.850. The number of piperidine rings is 1. The smallest absolute Gasteiger partial charge is 0.246 e. The number of nitrogens with two attached hydrogens (primary N) is 1. The molecule has 21 heavy (non-hydrogen) atoms. The quantitative estimate of drug-likeness (QED) is 0.929. The molecule has 0 atom stereocenters. The Labute approximate surface area is 126 Å². The molecule has 0 unspecified atom stereocenters. The third kappa shape index (κ3) is 2.64. The molecule has 0 radical (unpaired) electrons. The molecule has 2 fully saturated rings. The minimum atomic E-state index is -3.44. The molecule has 6 heteroatoms. The highest BCUT2D eigenvalue weighted by atomic mass is 32.2. The molecule has 1 saturated heterocycles. The van der Waals surface area contributed by atoms with E-state index in [1.54, 1.807) is 17.3 Å². The molecule has 1 aliphatic carbocycles. The van der Waals surface area contributed by atoms with Gasteiger partial charge in [0.25, 0.3) is 0 Å². The number of furan rings is 1. The van der Waals surface area contributed by atoms with E-state index in [2.05, 4.69) is 0 Å². The van der Waals surface area contributed by atoms with E-state index in [1.165, 1.54) is 25.7 Å². The maximum atomic E-state index is 12.8. The third-order valence-electron chi connectivity index (χ3n) is 5.19. The monoisotopic (exact) mass is 312 g/mol. The summed E-state index contributed by atoms with van der Waals surface area (Å²) < 4.78 is 32.6. The van der Waals surface area contributed by atoms with Gasteiger partial charge in [0.2, 0.25) is 10.0 Å². The lowest BCUT2D eigenvalue weighted by Crippen LogP contribution is -2.42. The molecule has 1 spiro atoms. The molecule has 0 bridgehead atoms. The van der Waals surface area contributed by atoms with Crippen molar-refractivity contribution in [1.82, 2.24) is 4.31 Å². The van der Waals surface area contributed by atoms with Crippen LogP contribution in [0.4, 0.5) is 0 Å². The Kier molecular flexibility index (Phi) is 3.88. The minimum absolute atomic E-state index is 0.222. The first-order valence-corrected chi connectivity index (χ1v) is 9.20. The highest BCUT2D eigenvalue weighted by Crippen LogP contribution is 2.46. The van der Waals surface area contributed by atoms with Gasteiger partial charge in [-0.3, -0.25) is 0 Å². The molecule has 2 N–H and O–H groups in total. The molecular weight excluding hydrogens is 288 g/mol. The van der Waals surface area contributed by atoms with Crippen LogP contribution in [-0.4, -0.2) is 25.8 Å². The fourth-order valence-corrected chi connectivity index (χ4v) is 5.47. The zero-order chi connectivity index (χ0) is 15.1. The van der Waals surface area contributed by atoms with Gasteiger partial charge in [0, 0.05) is 19.2 Å². The average Bonchev–Trinajstić information content (AvgIpc) is 3.07. The maximum absolute atomic E-state index is 12.8. The summed E-state index contributed by atoms with van der Waals surface area (Å²) in [7, 11) is -3.44. The first-order chi connectivity index (χ1) is 9.97. The van der Waals surface area contributed by atoms with Crippen molar-refractivity contribution in [3.05, 3.63) is 17.6 Å². The van der Waals surface area contributed by atoms with Gasteiger partial charge in [0.05, 0.1) is 6.54 Å². The molecule has 118 valence electrons. The minimum Gasteiger partial charge on any atom is -0.464 e. The SMILES string of the molecule is Cc1oc(CN)cc1S(=O)(=O)N1CCC2(CCCC2)CC1. The van der Waals surface area contributed by atoms with E-state index >= 15 is 0 Å². The van der Waals surface area contributed by atoms with E-state index in [1.807, 2.05) is 0 Å². The first kappa shape index (κ1) is 15.1. The Morgan fingerprint density at radius 1 is 1.24 bits per heavy atom. The van der Waals surface area contributed by atoms with E-state index in [0.717, 1.165) is 12.8 Å². The number of hydrogen-bond donors (Lipinski definition) is 1. The molecule has 2 heterocycles. The summed E-state index contributed by atoms with van der Waals surface area (Å²) in [4.78, 5) is 0.283. The lowest BCUT2D eigenvalue weighted by molar-refractivity contribution is 0.160. The summed E-state index contributed by atoms with van der Waals surface area (Å²) in [5.74, 6) is 0.965. The number of hydrogen-bond acceptors (Lipinski definition) is 4. The molecule has 0 aromatic carbocycles. The number of nitrogens with zero attached hydrogens (tertiary/aromatic N) is 1. The van der Waals surface area contributed by atoms with Crippen molar-refractivity contribution in [2.24, 2.45) is 11.1 Å². The lowest BCUT2D eigenvalue weighted by atomic mass is 9.78. The fraction of sp³-hybridized carbons (Fsp3) is 0.733. The second kappa shape index (κ2) is 5.41. The second-order valence-corrected chi connectivity index (χ2v) is 8.35. The summed E-state index contributed by atoms with van der Waals surface area (Å²) in [6.45, 7) is 3.17. The second-order valence-electron chi connectivity index (χ2n) is 6.45. The summed E-state index contributed by atoms with van der Waals surface area (Å²) in [5, 5.41) is 0.